The van der Waals surface area contributed by atoms with Crippen molar-refractivity contribution < 1.29 is 4.74 Å². The third kappa shape index (κ3) is 2.66. The normalized spacial score (nSPS) is 17.5. The monoisotopic (exact) mass is 275 g/mol. The maximum atomic E-state index is 6.13. The number of ether oxygens (including phenoxy) is 1. The van der Waals surface area contributed by atoms with Gasteiger partial charge in [-0.15, -0.1) is 12.4 Å². The Morgan fingerprint density at radius 3 is 1.79 bits per heavy atom. The molecule has 1 N–H and O–H groups in total. The van der Waals surface area contributed by atoms with Crippen LogP contribution in [0.1, 0.15) is 17.5 Å². The molecule has 3 heteroatoms. The fourth-order valence-corrected chi connectivity index (χ4v) is 2.62. The van der Waals surface area contributed by atoms with Crippen LogP contribution in [0.5, 0.6) is 0 Å². The van der Waals surface area contributed by atoms with E-state index in [2.05, 4.69) is 53.8 Å². The molecule has 0 aromatic heterocycles. The van der Waals surface area contributed by atoms with Crippen LogP contribution < -0.4 is 5.32 Å². The first-order chi connectivity index (χ1) is 8.92. The molecule has 3 rings (SSSR count). The van der Waals surface area contributed by atoms with E-state index >= 15 is 0 Å². The van der Waals surface area contributed by atoms with E-state index in [4.69, 9.17) is 4.74 Å². The van der Waals surface area contributed by atoms with E-state index in [-0.39, 0.29) is 18.0 Å². The zero-order valence-corrected chi connectivity index (χ0v) is 11.5. The molecule has 0 atom stereocenters. The van der Waals surface area contributed by atoms with Gasteiger partial charge >= 0.3 is 0 Å². The SMILES string of the molecule is Cl.c1ccc(C2(c3ccccc3)CCNCO2)cc1. The van der Waals surface area contributed by atoms with E-state index in [1.54, 1.807) is 0 Å². The van der Waals surface area contributed by atoms with Crippen LogP contribution >= 0.6 is 12.4 Å². The predicted octanol–water partition coefficient (Wildman–Crippen LogP) is 3.32. The molecule has 2 nitrogen and oxygen atoms in total. The first-order valence-electron chi connectivity index (χ1n) is 6.37. The van der Waals surface area contributed by atoms with Crippen LogP contribution in [0.4, 0.5) is 0 Å². The number of halogens is 1. The van der Waals surface area contributed by atoms with Crippen LogP contribution in [-0.4, -0.2) is 13.3 Å². The van der Waals surface area contributed by atoms with Crippen molar-refractivity contribution in [3.05, 3.63) is 71.8 Å². The quantitative estimate of drug-likeness (QED) is 0.908. The third-order valence-corrected chi connectivity index (χ3v) is 3.55. The average Bonchev–Trinajstić information content (AvgIpc) is 2.50. The van der Waals surface area contributed by atoms with Gasteiger partial charge < -0.3 is 4.74 Å². The summed E-state index contributed by atoms with van der Waals surface area (Å²) in [5.41, 5.74) is 2.17. The highest BCUT2D eigenvalue weighted by molar-refractivity contribution is 5.85. The molecular weight excluding hydrogens is 258 g/mol. The lowest BCUT2D eigenvalue weighted by molar-refractivity contribution is -0.0599. The van der Waals surface area contributed by atoms with Gasteiger partial charge in [0.25, 0.3) is 0 Å². The summed E-state index contributed by atoms with van der Waals surface area (Å²) in [7, 11) is 0. The van der Waals surface area contributed by atoms with Crippen LogP contribution in [0, 0.1) is 0 Å². The van der Waals surface area contributed by atoms with Crippen molar-refractivity contribution >= 4 is 12.4 Å². The summed E-state index contributed by atoms with van der Waals surface area (Å²) in [6, 6.07) is 21.0. The third-order valence-electron chi connectivity index (χ3n) is 3.55. The van der Waals surface area contributed by atoms with Crippen molar-refractivity contribution in [2.75, 3.05) is 13.3 Å². The Kier molecular flexibility index (Phi) is 4.59. The summed E-state index contributed by atoms with van der Waals surface area (Å²) in [5, 5.41) is 3.26. The maximum absolute atomic E-state index is 6.13. The van der Waals surface area contributed by atoms with Crippen molar-refractivity contribution in [3.63, 3.8) is 0 Å². The molecular formula is C16H18ClNO. The molecule has 2 aromatic carbocycles. The number of benzene rings is 2. The minimum atomic E-state index is -0.298. The molecule has 0 saturated carbocycles. The minimum absolute atomic E-state index is 0. The topological polar surface area (TPSA) is 21.3 Å². The smallest absolute Gasteiger partial charge is 0.121 e. The summed E-state index contributed by atoms with van der Waals surface area (Å²) in [4.78, 5) is 0. The van der Waals surface area contributed by atoms with Gasteiger partial charge in [0.2, 0.25) is 0 Å². The van der Waals surface area contributed by atoms with Gasteiger partial charge in [0.05, 0.1) is 6.73 Å². The fourth-order valence-electron chi connectivity index (χ4n) is 2.62. The van der Waals surface area contributed by atoms with E-state index in [1.165, 1.54) is 11.1 Å². The van der Waals surface area contributed by atoms with E-state index in [9.17, 15) is 0 Å². The lowest BCUT2D eigenvalue weighted by atomic mass is 9.82. The molecule has 0 amide bonds. The zero-order chi connectivity index (χ0) is 12.3. The molecule has 0 spiro atoms. The first kappa shape index (κ1) is 14.1. The lowest BCUT2D eigenvalue weighted by Gasteiger charge is -2.38. The average molecular weight is 276 g/mol. The van der Waals surface area contributed by atoms with Crippen LogP contribution in [0.2, 0.25) is 0 Å². The van der Waals surface area contributed by atoms with E-state index in [1.807, 2.05) is 12.1 Å². The second-order valence-corrected chi connectivity index (χ2v) is 4.60. The van der Waals surface area contributed by atoms with Crippen LogP contribution in [0.15, 0.2) is 60.7 Å². The molecule has 1 aliphatic rings. The Labute approximate surface area is 120 Å². The van der Waals surface area contributed by atoms with Gasteiger partial charge in [-0.05, 0) is 17.5 Å². The summed E-state index contributed by atoms with van der Waals surface area (Å²) in [6.45, 7) is 1.58. The van der Waals surface area contributed by atoms with E-state index in [0.29, 0.717) is 6.73 Å². The molecule has 1 fully saturated rings. The number of nitrogens with one attached hydrogen (secondary N) is 1. The summed E-state index contributed by atoms with van der Waals surface area (Å²) >= 11 is 0. The number of hydrogen-bond donors (Lipinski definition) is 1. The number of rotatable bonds is 2. The van der Waals surface area contributed by atoms with E-state index < -0.39 is 0 Å². The molecule has 1 heterocycles. The second kappa shape index (κ2) is 6.20. The van der Waals surface area contributed by atoms with Gasteiger partial charge in [0.15, 0.2) is 0 Å². The van der Waals surface area contributed by atoms with Crippen molar-refractivity contribution in [2.45, 2.75) is 12.0 Å². The van der Waals surface area contributed by atoms with E-state index in [0.717, 1.165) is 13.0 Å². The van der Waals surface area contributed by atoms with Gasteiger partial charge in [-0.3, -0.25) is 5.32 Å². The molecule has 100 valence electrons. The molecule has 0 bridgehead atoms. The fraction of sp³-hybridized carbons (Fsp3) is 0.250. The largest absolute Gasteiger partial charge is 0.350 e. The maximum Gasteiger partial charge on any atom is 0.121 e. The van der Waals surface area contributed by atoms with Gasteiger partial charge in [0, 0.05) is 6.54 Å². The predicted molar refractivity (Wildman–Crippen MR) is 79.5 cm³/mol. The molecule has 1 saturated heterocycles. The van der Waals surface area contributed by atoms with Gasteiger partial charge in [-0.1, -0.05) is 60.7 Å². The highest BCUT2D eigenvalue weighted by Gasteiger charge is 2.36. The Bertz CT molecular complexity index is 453. The minimum Gasteiger partial charge on any atom is -0.350 e. The molecule has 0 radical (unpaired) electrons. The molecule has 1 aliphatic heterocycles. The van der Waals surface area contributed by atoms with Gasteiger partial charge in [-0.2, -0.15) is 0 Å². The molecule has 0 unspecified atom stereocenters. The van der Waals surface area contributed by atoms with Gasteiger partial charge in [0.1, 0.15) is 5.60 Å². The van der Waals surface area contributed by atoms with Crippen molar-refractivity contribution in [1.82, 2.24) is 5.32 Å². The zero-order valence-electron chi connectivity index (χ0n) is 10.7. The highest BCUT2D eigenvalue weighted by atomic mass is 35.5. The van der Waals surface area contributed by atoms with Crippen molar-refractivity contribution in [2.24, 2.45) is 0 Å². The Morgan fingerprint density at radius 2 is 1.37 bits per heavy atom. The van der Waals surface area contributed by atoms with Crippen LogP contribution in [0.25, 0.3) is 0 Å². The Hall–Kier alpha value is -1.35. The first-order valence-corrected chi connectivity index (χ1v) is 6.37. The molecule has 0 aliphatic carbocycles. The Morgan fingerprint density at radius 1 is 0.842 bits per heavy atom. The summed E-state index contributed by atoms with van der Waals surface area (Å²) < 4.78 is 6.13. The summed E-state index contributed by atoms with van der Waals surface area (Å²) in [6.07, 6.45) is 0.959. The molecule has 19 heavy (non-hydrogen) atoms. The van der Waals surface area contributed by atoms with Crippen molar-refractivity contribution in [1.29, 1.82) is 0 Å². The lowest BCUT2D eigenvalue weighted by Crippen LogP contribution is -2.43. The van der Waals surface area contributed by atoms with Gasteiger partial charge in [-0.25, -0.2) is 0 Å². The van der Waals surface area contributed by atoms with Crippen LogP contribution in [-0.2, 0) is 10.3 Å². The standard InChI is InChI=1S/C16H17NO.ClH/c1-3-7-14(8-4-1)16(11-12-17-13-18-16)15-9-5-2-6-10-15;/h1-10,17H,11-13H2;1H. The Balaban J connectivity index is 0.00000133. The second-order valence-electron chi connectivity index (χ2n) is 4.60. The summed E-state index contributed by atoms with van der Waals surface area (Å²) in [5.74, 6) is 0. The number of hydrogen-bond acceptors (Lipinski definition) is 2. The van der Waals surface area contributed by atoms with Crippen LogP contribution in [0.3, 0.4) is 0 Å². The molecule has 2 aromatic rings. The van der Waals surface area contributed by atoms with Crippen molar-refractivity contribution in [3.8, 4) is 0 Å². The highest BCUT2D eigenvalue weighted by Crippen LogP contribution is 2.37.